The van der Waals surface area contributed by atoms with Crippen molar-refractivity contribution in [1.82, 2.24) is 9.78 Å². The molecule has 3 heterocycles. The maximum absolute atomic E-state index is 6.42. The molecule has 2 unspecified atom stereocenters. The summed E-state index contributed by atoms with van der Waals surface area (Å²) in [6.07, 6.45) is 0.371. The van der Waals surface area contributed by atoms with E-state index in [1.165, 1.54) is 0 Å². The number of aryl methyl sites for hydroxylation is 1. The molecule has 6 nitrogen and oxygen atoms in total. The molecule has 2 fully saturated rings. The summed E-state index contributed by atoms with van der Waals surface area (Å²) in [4.78, 5) is 0. The van der Waals surface area contributed by atoms with E-state index >= 15 is 0 Å². The van der Waals surface area contributed by atoms with Gasteiger partial charge in [-0.2, -0.15) is 5.10 Å². The van der Waals surface area contributed by atoms with Crippen molar-refractivity contribution in [2.24, 2.45) is 7.05 Å². The molecule has 1 aromatic heterocycles. The van der Waals surface area contributed by atoms with Gasteiger partial charge >= 0.3 is 0 Å². The van der Waals surface area contributed by atoms with Crippen molar-refractivity contribution in [3.05, 3.63) is 52.5 Å². The summed E-state index contributed by atoms with van der Waals surface area (Å²) < 4.78 is 23.6. The third kappa shape index (κ3) is 4.42. The summed E-state index contributed by atoms with van der Waals surface area (Å²) in [5.74, 6) is 1.29. The maximum Gasteiger partial charge on any atom is 0.156 e. The summed E-state index contributed by atoms with van der Waals surface area (Å²) >= 11 is 12.8. The second-order valence-corrected chi connectivity index (χ2v) is 8.18. The second-order valence-electron chi connectivity index (χ2n) is 7.36. The Kier molecular flexibility index (Phi) is 5.33. The Morgan fingerprint density at radius 1 is 0.933 bits per heavy atom. The molecule has 2 atom stereocenters. The van der Waals surface area contributed by atoms with E-state index in [9.17, 15) is 0 Å². The molecule has 0 bridgehead atoms. The summed E-state index contributed by atoms with van der Waals surface area (Å²) in [6.45, 7) is 2.53. The first-order valence-corrected chi connectivity index (χ1v) is 10.4. The van der Waals surface area contributed by atoms with Gasteiger partial charge in [0.2, 0.25) is 0 Å². The van der Waals surface area contributed by atoms with Gasteiger partial charge in [0, 0.05) is 18.2 Å². The molecule has 5 rings (SSSR count). The van der Waals surface area contributed by atoms with E-state index in [1.807, 2.05) is 54.2 Å². The van der Waals surface area contributed by atoms with Gasteiger partial charge in [-0.25, -0.2) is 0 Å². The van der Waals surface area contributed by atoms with Crippen LogP contribution < -0.4 is 9.47 Å². The molecule has 3 aromatic rings. The molecule has 156 valence electrons. The zero-order valence-electron chi connectivity index (χ0n) is 16.3. The van der Waals surface area contributed by atoms with Crippen LogP contribution in [0.1, 0.15) is 0 Å². The van der Waals surface area contributed by atoms with Crippen LogP contribution in [0.25, 0.3) is 22.5 Å². The van der Waals surface area contributed by atoms with Crippen LogP contribution >= 0.6 is 23.2 Å². The third-order valence-corrected chi connectivity index (χ3v) is 5.54. The van der Waals surface area contributed by atoms with Crippen LogP contribution in [0.2, 0.25) is 10.0 Å². The van der Waals surface area contributed by atoms with Crippen LogP contribution in [0.3, 0.4) is 0 Å². The van der Waals surface area contributed by atoms with E-state index in [1.54, 1.807) is 0 Å². The standard InChI is InChI=1S/C22H20Cl2N2O4/c1-26-21(13-2-4-15(5-3-13)27-9-16-10-28-16)8-20(25-26)14-6-18(23)22(19(24)7-14)30-12-17-11-29-17/h2-8,16-17H,9-12H2,1H3. The number of halogens is 2. The number of rotatable bonds is 8. The van der Waals surface area contributed by atoms with Crippen molar-refractivity contribution in [3.63, 3.8) is 0 Å². The first-order valence-electron chi connectivity index (χ1n) is 9.69. The van der Waals surface area contributed by atoms with Gasteiger partial charge in [0.25, 0.3) is 0 Å². The first-order chi connectivity index (χ1) is 14.6. The van der Waals surface area contributed by atoms with E-state index in [-0.39, 0.29) is 12.2 Å². The molecular weight excluding hydrogens is 427 g/mol. The Labute approximate surface area is 184 Å². The fourth-order valence-electron chi connectivity index (χ4n) is 3.14. The van der Waals surface area contributed by atoms with Gasteiger partial charge in [0.1, 0.15) is 31.2 Å². The van der Waals surface area contributed by atoms with Gasteiger partial charge in [-0.3, -0.25) is 4.68 Å². The molecule has 2 aliphatic heterocycles. The minimum atomic E-state index is 0.133. The number of hydrogen-bond acceptors (Lipinski definition) is 5. The van der Waals surface area contributed by atoms with Gasteiger partial charge in [-0.05, 0) is 42.5 Å². The number of ether oxygens (including phenoxy) is 4. The van der Waals surface area contributed by atoms with Crippen molar-refractivity contribution in [2.75, 3.05) is 26.4 Å². The molecule has 2 aromatic carbocycles. The van der Waals surface area contributed by atoms with Crippen molar-refractivity contribution in [2.45, 2.75) is 12.2 Å². The van der Waals surface area contributed by atoms with Crippen LogP contribution in [0.4, 0.5) is 0 Å². The molecule has 0 radical (unpaired) electrons. The monoisotopic (exact) mass is 446 g/mol. The number of hydrogen-bond donors (Lipinski definition) is 0. The number of nitrogens with zero attached hydrogens (tertiary/aromatic N) is 2. The normalized spacial score (nSPS) is 19.6. The molecule has 0 N–H and O–H groups in total. The summed E-state index contributed by atoms with van der Waals surface area (Å²) in [5.41, 5.74) is 3.61. The molecule has 0 saturated carbocycles. The molecule has 0 amide bonds. The van der Waals surface area contributed by atoms with Gasteiger partial charge in [-0.15, -0.1) is 0 Å². The van der Waals surface area contributed by atoms with Crippen LogP contribution in [-0.4, -0.2) is 48.4 Å². The number of benzene rings is 2. The van der Waals surface area contributed by atoms with E-state index < -0.39 is 0 Å². The van der Waals surface area contributed by atoms with Crippen molar-refractivity contribution >= 4 is 23.2 Å². The van der Waals surface area contributed by atoms with Gasteiger partial charge in [0.15, 0.2) is 5.75 Å². The molecular formula is C22H20Cl2N2O4. The Hall–Kier alpha value is -2.25. The first kappa shape index (κ1) is 19.7. The number of epoxide rings is 2. The van der Waals surface area contributed by atoms with E-state index in [2.05, 4.69) is 5.10 Å². The van der Waals surface area contributed by atoms with E-state index in [0.29, 0.717) is 35.6 Å². The van der Waals surface area contributed by atoms with Gasteiger partial charge in [-0.1, -0.05) is 23.2 Å². The minimum Gasteiger partial charge on any atom is -0.491 e. The molecule has 2 aliphatic rings. The fourth-order valence-corrected chi connectivity index (χ4v) is 3.74. The Morgan fingerprint density at radius 3 is 2.13 bits per heavy atom. The lowest BCUT2D eigenvalue weighted by Gasteiger charge is -2.10. The topological polar surface area (TPSA) is 61.3 Å². The Bertz CT molecular complexity index is 1040. The van der Waals surface area contributed by atoms with Crippen LogP contribution in [0, 0.1) is 0 Å². The quantitative estimate of drug-likeness (QED) is 0.472. The summed E-state index contributed by atoms with van der Waals surface area (Å²) in [6, 6.07) is 13.6. The fraction of sp³-hybridized carbons (Fsp3) is 0.318. The van der Waals surface area contributed by atoms with Crippen LogP contribution in [-0.2, 0) is 16.5 Å². The van der Waals surface area contributed by atoms with Crippen LogP contribution in [0.5, 0.6) is 11.5 Å². The smallest absolute Gasteiger partial charge is 0.156 e. The summed E-state index contributed by atoms with van der Waals surface area (Å²) in [5, 5.41) is 5.54. The Balaban J connectivity index is 1.35. The van der Waals surface area contributed by atoms with Crippen LogP contribution in [0.15, 0.2) is 42.5 Å². The highest BCUT2D eigenvalue weighted by atomic mass is 35.5. The minimum absolute atomic E-state index is 0.133. The molecule has 0 aliphatic carbocycles. The highest BCUT2D eigenvalue weighted by molar-refractivity contribution is 6.37. The SMILES string of the molecule is Cn1nc(-c2cc(Cl)c(OCC3CO3)c(Cl)c2)cc1-c1ccc(OCC2CO2)cc1. The van der Waals surface area contributed by atoms with Crippen molar-refractivity contribution in [3.8, 4) is 34.0 Å². The Morgan fingerprint density at radius 2 is 1.53 bits per heavy atom. The average molecular weight is 447 g/mol. The second kappa shape index (κ2) is 8.12. The highest BCUT2D eigenvalue weighted by Crippen LogP contribution is 2.38. The largest absolute Gasteiger partial charge is 0.491 e. The van der Waals surface area contributed by atoms with Crippen molar-refractivity contribution in [1.29, 1.82) is 0 Å². The molecule has 0 spiro atoms. The predicted octanol–water partition coefficient (Wildman–Crippen LogP) is 4.62. The van der Waals surface area contributed by atoms with E-state index in [4.69, 9.17) is 42.1 Å². The highest BCUT2D eigenvalue weighted by Gasteiger charge is 2.25. The number of aromatic nitrogens is 2. The van der Waals surface area contributed by atoms with Gasteiger partial charge < -0.3 is 18.9 Å². The third-order valence-electron chi connectivity index (χ3n) is 4.98. The summed E-state index contributed by atoms with van der Waals surface area (Å²) in [7, 11) is 1.91. The molecule has 30 heavy (non-hydrogen) atoms. The van der Waals surface area contributed by atoms with E-state index in [0.717, 1.165) is 34.9 Å². The lowest BCUT2D eigenvalue weighted by Crippen LogP contribution is -2.05. The lowest BCUT2D eigenvalue weighted by atomic mass is 10.1. The predicted molar refractivity (Wildman–Crippen MR) is 115 cm³/mol. The molecule has 8 heteroatoms. The molecule has 2 saturated heterocycles. The zero-order chi connectivity index (χ0) is 20.7. The van der Waals surface area contributed by atoms with Crippen molar-refractivity contribution < 1.29 is 18.9 Å². The van der Waals surface area contributed by atoms with Gasteiger partial charge in [0.05, 0.1) is 34.6 Å². The maximum atomic E-state index is 6.42. The lowest BCUT2D eigenvalue weighted by molar-refractivity contribution is 0.263. The average Bonchev–Trinajstić information content (AvgIpc) is 3.65. The zero-order valence-corrected chi connectivity index (χ0v) is 17.8.